The predicted octanol–water partition coefficient (Wildman–Crippen LogP) is 1.84. The van der Waals surface area contributed by atoms with Gasteiger partial charge in [0.15, 0.2) is 6.04 Å². The summed E-state index contributed by atoms with van der Waals surface area (Å²) in [6.07, 6.45) is 1.03. The first kappa shape index (κ1) is 14.8. The summed E-state index contributed by atoms with van der Waals surface area (Å²) < 4.78 is 0. The highest BCUT2D eigenvalue weighted by atomic mass is 32.1. The smallest absolute Gasteiger partial charge is 0.275 e. The number of quaternary nitrogens is 1. The van der Waals surface area contributed by atoms with Crippen molar-refractivity contribution in [3.05, 3.63) is 57.8 Å². The molecule has 20 heavy (non-hydrogen) atoms. The van der Waals surface area contributed by atoms with Gasteiger partial charge >= 0.3 is 0 Å². The van der Waals surface area contributed by atoms with Gasteiger partial charge in [-0.15, -0.1) is 11.3 Å². The lowest BCUT2D eigenvalue weighted by Crippen LogP contribution is -2.92. The zero-order valence-corrected chi connectivity index (χ0v) is 12.7. The molecule has 0 unspecified atom stereocenters. The summed E-state index contributed by atoms with van der Waals surface area (Å²) in [6, 6.07) is 12.6. The highest BCUT2D eigenvalue weighted by molar-refractivity contribution is 7.10. The molecule has 1 amide bonds. The first-order valence-electron chi connectivity index (χ1n) is 6.88. The van der Waals surface area contributed by atoms with Gasteiger partial charge < -0.3 is 11.1 Å². The second-order valence-electron chi connectivity index (χ2n) is 4.97. The Balaban J connectivity index is 2.28. The molecule has 1 heterocycles. The molecule has 0 spiro atoms. The fourth-order valence-electron chi connectivity index (χ4n) is 2.18. The lowest BCUT2D eigenvalue weighted by molar-refractivity contribution is -0.704. The molecule has 1 aromatic heterocycles. The number of rotatable bonds is 6. The summed E-state index contributed by atoms with van der Waals surface area (Å²) in [5, 5.41) is 4.10. The molecular weight excluding hydrogens is 268 g/mol. The van der Waals surface area contributed by atoms with E-state index in [4.69, 9.17) is 5.73 Å². The van der Waals surface area contributed by atoms with Gasteiger partial charge in [0.05, 0.1) is 4.88 Å². The van der Waals surface area contributed by atoms with Crippen LogP contribution in [0.1, 0.15) is 35.9 Å². The SMILES string of the molecule is CCc1ccc([C@H]([NH2+][C@H](C)C(N)=O)c2cccs2)cc1. The third-order valence-corrected chi connectivity index (χ3v) is 4.48. The maximum atomic E-state index is 11.3. The molecule has 0 saturated heterocycles. The van der Waals surface area contributed by atoms with Crippen LogP contribution in [0.5, 0.6) is 0 Å². The van der Waals surface area contributed by atoms with Gasteiger partial charge in [-0.05, 0) is 30.4 Å². The van der Waals surface area contributed by atoms with E-state index >= 15 is 0 Å². The first-order valence-corrected chi connectivity index (χ1v) is 7.76. The molecule has 1 aromatic carbocycles. The average molecular weight is 289 g/mol. The molecule has 0 fully saturated rings. The number of benzene rings is 1. The van der Waals surface area contributed by atoms with E-state index in [-0.39, 0.29) is 18.0 Å². The van der Waals surface area contributed by atoms with E-state index in [0.717, 1.165) is 6.42 Å². The van der Waals surface area contributed by atoms with Crippen LogP contribution in [-0.4, -0.2) is 11.9 Å². The van der Waals surface area contributed by atoms with Crippen LogP contribution in [-0.2, 0) is 11.2 Å². The van der Waals surface area contributed by atoms with Crippen LogP contribution in [0.15, 0.2) is 41.8 Å². The van der Waals surface area contributed by atoms with Crippen LogP contribution >= 0.6 is 11.3 Å². The minimum Gasteiger partial charge on any atom is -0.365 e. The van der Waals surface area contributed by atoms with E-state index in [1.807, 2.05) is 18.3 Å². The number of hydrogen-bond acceptors (Lipinski definition) is 2. The quantitative estimate of drug-likeness (QED) is 0.837. The summed E-state index contributed by atoms with van der Waals surface area (Å²) in [6.45, 7) is 4.00. The van der Waals surface area contributed by atoms with Crippen molar-refractivity contribution in [2.75, 3.05) is 0 Å². The van der Waals surface area contributed by atoms with E-state index in [1.165, 1.54) is 16.0 Å². The zero-order chi connectivity index (χ0) is 14.5. The van der Waals surface area contributed by atoms with Crippen molar-refractivity contribution in [3.63, 3.8) is 0 Å². The number of carbonyl (C=O) groups is 1. The van der Waals surface area contributed by atoms with Gasteiger partial charge in [-0.25, -0.2) is 0 Å². The summed E-state index contributed by atoms with van der Waals surface area (Å²) in [5.41, 5.74) is 7.92. The van der Waals surface area contributed by atoms with Crippen LogP contribution in [0.4, 0.5) is 0 Å². The zero-order valence-electron chi connectivity index (χ0n) is 11.9. The molecule has 2 aromatic rings. The second-order valence-corrected chi connectivity index (χ2v) is 5.95. The van der Waals surface area contributed by atoms with Crippen molar-refractivity contribution in [3.8, 4) is 0 Å². The van der Waals surface area contributed by atoms with Crippen LogP contribution in [0.2, 0.25) is 0 Å². The Morgan fingerprint density at radius 1 is 1.30 bits per heavy atom. The fourth-order valence-corrected chi connectivity index (χ4v) is 3.02. The fraction of sp³-hybridized carbons (Fsp3) is 0.312. The van der Waals surface area contributed by atoms with Crippen molar-refractivity contribution in [2.24, 2.45) is 5.73 Å². The van der Waals surface area contributed by atoms with E-state index < -0.39 is 0 Å². The van der Waals surface area contributed by atoms with Crippen molar-refractivity contribution >= 4 is 17.2 Å². The molecule has 2 atom stereocenters. The van der Waals surface area contributed by atoms with Crippen molar-refractivity contribution in [1.82, 2.24) is 0 Å². The van der Waals surface area contributed by atoms with Crippen molar-refractivity contribution < 1.29 is 10.1 Å². The Hall–Kier alpha value is -1.65. The molecule has 3 nitrogen and oxygen atoms in total. The van der Waals surface area contributed by atoms with Gasteiger partial charge in [0, 0.05) is 5.56 Å². The number of nitrogens with two attached hydrogens (primary N) is 2. The highest BCUT2D eigenvalue weighted by Crippen LogP contribution is 2.23. The topological polar surface area (TPSA) is 59.7 Å². The Morgan fingerprint density at radius 3 is 2.50 bits per heavy atom. The number of hydrogen-bond donors (Lipinski definition) is 2. The van der Waals surface area contributed by atoms with Gasteiger partial charge in [0.2, 0.25) is 0 Å². The molecule has 2 rings (SSSR count). The Morgan fingerprint density at radius 2 is 2.00 bits per heavy atom. The number of thiophene rings is 1. The van der Waals surface area contributed by atoms with Gasteiger partial charge in [-0.3, -0.25) is 4.79 Å². The lowest BCUT2D eigenvalue weighted by atomic mass is 10.0. The summed E-state index contributed by atoms with van der Waals surface area (Å²) in [4.78, 5) is 12.6. The minimum absolute atomic E-state index is 0.128. The van der Waals surface area contributed by atoms with Crippen LogP contribution < -0.4 is 11.1 Å². The van der Waals surface area contributed by atoms with Gasteiger partial charge in [-0.2, -0.15) is 0 Å². The second kappa shape index (κ2) is 6.68. The molecule has 4 N–H and O–H groups in total. The standard InChI is InChI=1S/C16H20N2OS/c1-3-12-6-8-13(9-7-12)15(14-5-4-10-20-14)18-11(2)16(17)19/h4-11,15,18H,3H2,1-2H3,(H2,17,19)/p+1/t11-,15+/m1/s1. The van der Waals surface area contributed by atoms with E-state index in [9.17, 15) is 4.79 Å². The van der Waals surface area contributed by atoms with Crippen molar-refractivity contribution in [1.29, 1.82) is 0 Å². The van der Waals surface area contributed by atoms with E-state index in [1.54, 1.807) is 11.3 Å². The molecule has 4 heteroatoms. The molecule has 0 saturated carbocycles. The van der Waals surface area contributed by atoms with Crippen LogP contribution in [0.25, 0.3) is 0 Å². The predicted molar refractivity (Wildman–Crippen MR) is 82.6 cm³/mol. The Kier molecular flexibility index (Phi) is 4.93. The van der Waals surface area contributed by atoms with Gasteiger partial charge in [0.1, 0.15) is 6.04 Å². The first-order chi connectivity index (χ1) is 9.61. The summed E-state index contributed by atoms with van der Waals surface area (Å²) in [5.74, 6) is -0.281. The molecule has 106 valence electrons. The number of aryl methyl sites for hydroxylation is 1. The average Bonchev–Trinajstić information content (AvgIpc) is 2.98. The minimum atomic E-state index is -0.281. The molecule has 0 aliphatic carbocycles. The third-order valence-electron chi connectivity index (χ3n) is 3.53. The van der Waals surface area contributed by atoms with Crippen LogP contribution in [0, 0.1) is 0 Å². The van der Waals surface area contributed by atoms with Gasteiger partial charge in [-0.1, -0.05) is 37.3 Å². The maximum absolute atomic E-state index is 11.3. The van der Waals surface area contributed by atoms with Gasteiger partial charge in [0.25, 0.3) is 5.91 Å². The molecule has 0 bridgehead atoms. The summed E-state index contributed by atoms with van der Waals surface area (Å²) in [7, 11) is 0. The normalized spacial score (nSPS) is 13.9. The van der Waals surface area contributed by atoms with E-state index in [2.05, 4.69) is 42.6 Å². The van der Waals surface area contributed by atoms with Crippen LogP contribution in [0.3, 0.4) is 0 Å². The summed E-state index contributed by atoms with van der Waals surface area (Å²) >= 11 is 1.71. The number of amides is 1. The number of primary amides is 1. The van der Waals surface area contributed by atoms with Crippen molar-refractivity contribution in [2.45, 2.75) is 32.4 Å². The third kappa shape index (κ3) is 3.46. The number of carbonyl (C=O) groups excluding carboxylic acids is 1. The highest BCUT2D eigenvalue weighted by Gasteiger charge is 2.23. The molecular formula is C16H21N2OS+. The molecule has 0 aliphatic rings. The monoisotopic (exact) mass is 289 g/mol. The largest absolute Gasteiger partial charge is 0.365 e. The molecule has 0 radical (unpaired) electrons. The maximum Gasteiger partial charge on any atom is 0.275 e. The molecule has 0 aliphatic heterocycles. The van der Waals surface area contributed by atoms with E-state index in [0.29, 0.717) is 0 Å². The lowest BCUT2D eigenvalue weighted by Gasteiger charge is -2.18. The Bertz CT molecular complexity index is 548. The Labute approximate surface area is 123 Å².